The molecule has 1 N–H and O–H groups in total. The fourth-order valence-electron chi connectivity index (χ4n) is 1.73. The summed E-state index contributed by atoms with van der Waals surface area (Å²) in [6.45, 7) is 9.79. The van der Waals surface area contributed by atoms with Crippen molar-refractivity contribution in [3.63, 3.8) is 0 Å². The van der Waals surface area contributed by atoms with Crippen LogP contribution in [0, 0.1) is 0 Å². The lowest BCUT2D eigenvalue weighted by atomic mass is 9.99. The Morgan fingerprint density at radius 3 is 2.30 bits per heavy atom. The molecule has 0 radical (unpaired) electrons. The van der Waals surface area contributed by atoms with Crippen molar-refractivity contribution < 1.29 is 9.59 Å². The van der Waals surface area contributed by atoms with Gasteiger partial charge in [-0.25, -0.2) is 0 Å². The third-order valence-corrected chi connectivity index (χ3v) is 3.57. The molecule has 0 bridgehead atoms. The van der Waals surface area contributed by atoms with Gasteiger partial charge in [0.15, 0.2) is 0 Å². The van der Waals surface area contributed by atoms with Crippen LogP contribution in [0.15, 0.2) is 22.7 Å². The second-order valence-corrected chi connectivity index (χ2v) is 7.16. The van der Waals surface area contributed by atoms with Crippen molar-refractivity contribution in [3.05, 3.63) is 33.8 Å². The largest absolute Gasteiger partial charge is 0.345 e. The summed E-state index contributed by atoms with van der Waals surface area (Å²) in [7, 11) is 0. The number of hydrogen-bond acceptors (Lipinski definition) is 2. The van der Waals surface area contributed by atoms with Crippen LogP contribution in [0.25, 0.3) is 0 Å². The summed E-state index contributed by atoms with van der Waals surface area (Å²) in [6, 6.07) is 5.91. The van der Waals surface area contributed by atoms with Crippen molar-refractivity contribution in [1.82, 2.24) is 5.32 Å². The van der Waals surface area contributed by atoms with E-state index >= 15 is 0 Å². The first-order chi connectivity index (χ1) is 9.10. The molecule has 1 aromatic rings. The van der Waals surface area contributed by atoms with Crippen LogP contribution in [0.1, 0.15) is 51.7 Å². The van der Waals surface area contributed by atoms with Gasteiger partial charge in [-0.05, 0) is 43.9 Å². The smallest absolute Gasteiger partial charge is 0.288 e. The molecule has 0 aromatic heterocycles. The van der Waals surface area contributed by atoms with E-state index in [1.165, 1.54) is 5.56 Å². The quantitative estimate of drug-likeness (QED) is 0.852. The minimum atomic E-state index is -0.530. The normalized spacial score (nSPS) is 11.6. The number of carbonyl (C=O) groups excluding carboxylic acids is 2. The van der Waals surface area contributed by atoms with Crippen molar-refractivity contribution in [2.24, 2.45) is 0 Å². The fourth-order valence-corrected chi connectivity index (χ4v) is 2.27. The van der Waals surface area contributed by atoms with Gasteiger partial charge < -0.3 is 5.32 Å². The molecular weight excluding hydrogens is 318 g/mol. The molecule has 3 nitrogen and oxygen atoms in total. The van der Waals surface area contributed by atoms with Gasteiger partial charge in [0.2, 0.25) is 5.78 Å². The molecule has 0 fully saturated rings. The lowest BCUT2D eigenvalue weighted by Gasteiger charge is -2.19. The van der Waals surface area contributed by atoms with Gasteiger partial charge in [-0.2, -0.15) is 0 Å². The number of ketones is 1. The molecule has 20 heavy (non-hydrogen) atoms. The summed E-state index contributed by atoms with van der Waals surface area (Å²) in [5.41, 5.74) is 1.64. The van der Waals surface area contributed by atoms with E-state index in [2.05, 4.69) is 35.1 Å². The molecule has 0 spiro atoms. The zero-order chi connectivity index (χ0) is 15.5. The summed E-state index contributed by atoms with van der Waals surface area (Å²) in [6.07, 6.45) is 0.112. The Labute approximate surface area is 129 Å². The number of carbonyl (C=O) groups is 2. The third-order valence-electron chi connectivity index (χ3n) is 2.84. The molecule has 0 aliphatic rings. The predicted octanol–water partition coefficient (Wildman–Crippen LogP) is 3.60. The zero-order valence-corrected chi connectivity index (χ0v) is 14.3. The maximum atomic E-state index is 11.9. The number of benzene rings is 1. The average Bonchev–Trinajstić information content (AvgIpc) is 2.29. The molecule has 110 valence electrons. The van der Waals surface area contributed by atoms with Gasteiger partial charge >= 0.3 is 0 Å². The molecular formula is C16H22BrNO2. The van der Waals surface area contributed by atoms with Gasteiger partial charge in [-0.15, -0.1) is 0 Å². The molecule has 0 unspecified atom stereocenters. The Morgan fingerprint density at radius 1 is 1.25 bits per heavy atom. The van der Waals surface area contributed by atoms with Crippen LogP contribution in [0.4, 0.5) is 0 Å². The van der Waals surface area contributed by atoms with Gasteiger partial charge in [0.25, 0.3) is 5.91 Å². The summed E-state index contributed by atoms with van der Waals surface area (Å²) < 4.78 is 0.876. The minimum absolute atomic E-state index is 0.112. The van der Waals surface area contributed by atoms with Crippen LogP contribution in [-0.4, -0.2) is 17.2 Å². The highest BCUT2D eigenvalue weighted by molar-refractivity contribution is 9.10. The van der Waals surface area contributed by atoms with Gasteiger partial charge in [-0.3, -0.25) is 9.59 Å². The fraction of sp³-hybridized carbons (Fsp3) is 0.500. The van der Waals surface area contributed by atoms with Crippen molar-refractivity contribution in [3.8, 4) is 0 Å². The molecule has 4 heteroatoms. The first-order valence-corrected chi connectivity index (χ1v) is 7.53. The van der Waals surface area contributed by atoms with E-state index in [0.717, 1.165) is 10.0 Å². The SMILES string of the molecule is CC(C)c1ccc(CC(=O)C(=O)NC(C)(C)C)c(Br)c1. The Morgan fingerprint density at radius 2 is 1.85 bits per heavy atom. The molecule has 0 saturated carbocycles. The Kier molecular flexibility index (Phi) is 5.51. The number of Topliss-reactive ketones (excluding diaryl/α,β-unsaturated/α-hetero) is 1. The van der Waals surface area contributed by atoms with Crippen LogP contribution in [0.3, 0.4) is 0 Å². The van der Waals surface area contributed by atoms with E-state index < -0.39 is 17.2 Å². The predicted molar refractivity (Wildman–Crippen MR) is 84.8 cm³/mol. The minimum Gasteiger partial charge on any atom is -0.345 e. The van der Waals surface area contributed by atoms with Crippen molar-refractivity contribution in [2.75, 3.05) is 0 Å². The summed E-state index contributed by atoms with van der Waals surface area (Å²) in [5, 5.41) is 2.68. The summed E-state index contributed by atoms with van der Waals surface area (Å²) in [5.74, 6) is -0.518. The molecule has 0 saturated heterocycles. The molecule has 0 aliphatic heterocycles. The molecule has 0 heterocycles. The first kappa shape index (κ1) is 16.9. The maximum Gasteiger partial charge on any atom is 0.288 e. The number of rotatable bonds is 4. The van der Waals surface area contributed by atoms with E-state index in [4.69, 9.17) is 0 Å². The highest BCUT2D eigenvalue weighted by Gasteiger charge is 2.21. The van der Waals surface area contributed by atoms with E-state index in [1.54, 1.807) is 0 Å². The third kappa shape index (κ3) is 5.08. The van der Waals surface area contributed by atoms with Gasteiger partial charge in [0.1, 0.15) is 0 Å². The van der Waals surface area contributed by atoms with E-state index in [1.807, 2.05) is 39.0 Å². The monoisotopic (exact) mass is 339 g/mol. The summed E-state index contributed by atoms with van der Waals surface area (Å²) >= 11 is 3.47. The number of amides is 1. The summed E-state index contributed by atoms with van der Waals surface area (Å²) in [4.78, 5) is 23.7. The Bertz CT molecular complexity index is 516. The van der Waals surface area contributed by atoms with Gasteiger partial charge in [0, 0.05) is 16.4 Å². The van der Waals surface area contributed by atoms with Crippen LogP contribution in [-0.2, 0) is 16.0 Å². The van der Waals surface area contributed by atoms with Crippen LogP contribution in [0.2, 0.25) is 0 Å². The molecule has 1 rings (SSSR count). The van der Waals surface area contributed by atoms with Crippen molar-refractivity contribution in [2.45, 2.75) is 52.5 Å². The van der Waals surface area contributed by atoms with E-state index in [-0.39, 0.29) is 6.42 Å². The van der Waals surface area contributed by atoms with Crippen LogP contribution < -0.4 is 5.32 Å². The zero-order valence-electron chi connectivity index (χ0n) is 12.7. The Balaban J connectivity index is 2.79. The van der Waals surface area contributed by atoms with Crippen molar-refractivity contribution >= 4 is 27.6 Å². The van der Waals surface area contributed by atoms with Gasteiger partial charge in [-0.1, -0.05) is 41.9 Å². The second kappa shape index (κ2) is 6.53. The average molecular weight is 340 g/mol. The van der Waals surface area contributed by atoms with Crippen molar-refractivity contribution in [1.29, 1.82) is 0 Å². The molecule has 1 aromatic carbocycles. The maximum absolute atomic E-state index is 11.9. The standard InChI is InChI=1S/C16H22BrNO2/c1-10(2)11-6-7-12(13(17)8-11)9-14(19)15(20)18-16(3,4)5/h6-8,10H,9H2,1-5H3,(H,18,20). The number of hydrogen-bond donors (Lipinski definition) is 1. The molecule has 0 atom stereocenters. The number of halogens is 1. The van der Waals surface area contributed by atoms with Crippen LogP contribution in [0.5, 0.6) is 0 Å². The second-order valence-electron chi connectivity index (χ2n) is 6.31. The van der Waals surface area contributed by atoms with Crippen LogP contribution >= 0.6 is 15.9 Å². The molecule has 0 aliphatic carbocycles. The lowest BCUT2D eigenvalue weighted by molar-refractivity contribution is -0.138. The van der Waals surface area contributed by atoms with E-state index in [9.17, 15) is 9.59 Å². The van der Waals surface area contributed by atoms with E-state index in [0.29, 0.717) is 5.92 Å². The number of nitrogens with one attached hydrogen (secondary N) is 1. The van der Waals surface area contributed by atoms with Gasteiger partial charge in [0.05, 0.1) is 0 Å². The lowest BCUT2D eigenvalue weighted by Crippen LogP contribution is -2.44. The topological polar surface area (TPSA) is 46.2 Å². The first-order valence-electron chi connectivity index (χ1n) is 6.74. The highest BCUT2D eigenvalue weighted by Crippen LogP contribution is 2.23. The highest BCUT2D eigenvalue weighted by atomic mass is 79.9. The Hall–Kier alpha value is -1.16. The molecule has 1 amide bonds.